The van der Waals surface area contributed by atoms with Crippen molar-refractivity contribution >= 4 is 17.5 Å². The van der Waals surface area contributed by atoms with E-state index < -0.39 is 17.5 Å². The number of esters is 1. The van der Waals surface area contributed by atoms with Crippen LogP contribution in [-0.2, 0) is 14.3 Å². The van der Waals surface area contributed by atoms with E-state index in [0.29, 0.717) is 11.5 Å². The highest BCUT2D eigenvalue weighted by Gasteiger charge is 2.16. The first kappa shape index (κ1) is 16.6. The molecule has 0 amide bonds. The minimum absolute atomic E-state index is 0.0472. The number of carbonyl (C=O) groups excluding carboxylic acids is 2. The van der Waals surface area contributed by atoms with Gasteiger partial charge in [0.15, 0.2) is 0 Å². The number of benzene rings is 1. The standard InChI is InChI=1S/C15H18O6/c1-9(2)21-10-5-6-14(19-3)11(7-10)12(16)8-13(17)15(18)20-4/h5-9,16H,1-4H3/b12-8-. The Morgan fingerprint density at radius 2 is 1.90 bits per heavy atom. The van der Waals surface area contributed by atoms with Crippen LogP contribution < -0.4 is 9.47 Å². The number of methoxy groups -OCH3 is 2. The Morgan fingerprint density at radius 1 is 1.24 bits per heavy atom. The van der Waals surface area contributed by atoms with E-state index in [4.69, 9.17) is 9.47 Å². The molecule has 0 fully saturated rings. The van der Waals surface area contributed by atoms with E-state index in [9.17, 15) is 14.7 Å². The predicted molar refractivity (Wildman–Crippen MR) is 76.4 cm³/mol. The highest BCUT2D eigenvalue weighted by atomic mass is 16.5. The summed E-state index contributed by atoms with van der Waals surface area (Å²) >= 11 is 0. The molecule has 1 aromatic carbocycles. The van der Waals surface area contributed by atoms with Gasteiger partial charge < -0.3 is 19.3 Å². The molecule has 0 spiro atoms. The van der Waals surface area contributed by atoms with Crippen molar-refractivity contribution in [2.75, 3.05) is 14.2 Å². The maximum atomic E-state index is 11.4. The molecule has 0 saturated carbocycles. The van der Waals surface area contributed by atoms with Crippen LogP contribution in [0.4, 0.5) is 0 Å². The summed E-state index contributed by atoms with van der Waals surface area (Å²) in [5.41, 5.74) is 0.243. The molecule has 1 aromatic rings. The third-order valence-corrected chi connectivity index (χ3v) is 2.47. The molecule has 114 valence electrons. The van der Waals surface area contributed by atoms with Crippen molar-refractivity contribution in [2.24, 2.45) is 0 Å². The van der Waals surface area contributed by atoms with E-state index in [-0.39, 0.29) is 11.7 Å². The van der Waals surface area contributed by atoms with Crippen LogP contribution in [0.15, 0.2) is 24.3 Å². The van der Waals surface area contributed by atoms with Gasteiger partial charge in [-0.3, -0.25) is 4.79 Å². The first-order chi connectivity index (χ1) is 9.88. The molecule has 0 atom stereocenters. The predicted octanol–water partition coefficient (Wildman–Crippen LogP) is 2.12. The van der Waals surface area contributed by atoms with Gasteiger partial charge in [0.2, 0.25) is 0 Å². The monoisotopic (exact) mass is 294 g/mol. The summed E-state index contributed by atoms with van der Waals surface area (Å²) in [6.45, 7) is 3.72. The lowest BCUT2D eigenvalue weighted by Crippen LogP contribution is -2.13. The average Bonchev–Trinajstić information content (AvgIpc) is 2.45. The molecule has 6 heteroatoms. The van der Waals surface area contributed by atoms with E-state index in [2.05, 4.69) is 4.74 Å². The summed E-state index contributed by atoms with van der Waals surface area (Å²) in [5.74, 6) is -1.58. The van der Waals surface area contributed by atoms with Crippen LogP contribution in [0.3, 0.4) is 0 Å². The number of rotatable bonds is 6. The summed E-state index contributed by atoms with van der Waals surface area (Å²) in [5, 5.41) is 10.0. The number of aliphatic hydroxyl groups is 1. The number of carbonyl (C=O) groups is 2. The van der Waals surface area contributed by atoms with Gasteiger partial charge in [-0.25, -0.2) is 4.79 Å². The zero-order chi connectivity index (χ0) is 16.0. The molecule has 1 rings (SSSR count). The fraction of sp³-hybridized carbons (Fsp3) is 0.333. The first-order valence-electron chi connectivity index (χ1n) is 6.27. The van der Waals surface area contributed by atoms with Gasteiger partial charge in [-0.2, -0.15) is 0 Å². The lowest BCUT2D eigenvalue weighted by Gasteiger charge is -2.13. The Bertz CT molecular complexity index is 559. The average molecular weight is 294 g/mol. The third kappa shape index (κ3) is 4.52. The van der Waals surface area contributed by atoms with Crippen molar-refractivity contribution in [3.63, 3.8) is 0 Å². The second kappa shape index (κ2) is 7.33. The fourth-order valence-electron chi connectivity index (χ4n) is 1.59. The van der Waals surface area contributed by atoms with Gasteiger partial charge in [-0.15, -0.1) is 0 Å². The maximum absolute atomic E-state index is 11.4. The minimum atomic E-state index is -1.06. The largest absolute Gasteiger partial charge is 0.507 e. The molecule has 0 heterocycles. The van der Waals surface area contributed by atoms with Gasteiger partial charge in [0.25, 0.3) is 5.78 Å². The zero-order valence-electron chi connectivity index (χ0n) is 12.4. The molecule has 0 aliphatic carbocycles. The Balaban J connectivity index is 3.16. The van der Waals surface area contributed by atoms with Crippen LogP contribution in [0.1, 0.15) is 19.4 Å². The van der Waals surface area contributed by atoms with Gasteiger partial charge >= 0.3 is 5.97 Å². The van der Waals surface area contributed by atoms with E-state index in [1.165, 1.54) is 13.2 Å². The highest BCUT2D eigenvalue weighted by molar-refractivity contribution is 6.39. The summed E-state index contributed by atoms with van der Waals surface area (Å²) < 4.78 is 14.9. The molecule has 6 nitrogen and oxygen atoms in total. The van der Waals surface area contributed by atoms with Gasteiger partial charge in [0, 0.05) is 6.08 Å². The van der Waals surface area contributed by atoms with Gasteiger partial charge in [-0.05, 0) is 32.0 Å². The molecular weight excluding hydrogens is 276 g/mol. The van der Waals surface area contributed by atoms with Crippen molar-refractivity contribution in [3.05, 3.63) is 29.8 Å². The molecule has 0 saturated heterocycles. The Morgan fingerprint density at radius 3 is 2.43 bits per heavy atom. The van der Waals surface area contributed by atoms with Crippen LogP contribution in [0.25, 0.3) is 5.76 Å². The minimum Gasteiger partial charge on any atom is -0.507 e. The number of hydrogen-bond acceptors (Lipinski definition) is 6. The molecule has 0 radical (unpaired) electrons. The Kier molecular flexibility index (Phi) is 5.78. The summed E-state index contributed by atoms with van der Waals surface area (Å²) in [6, 6.07) is 4.80. The third-order valence-electron chi connectivity index (χ3n) is 2.47. The van der Waals surface area contributed by atoms with Crippen LogP contribution in [0.2, 0.25) is 0 Å². The van der Waals surface area contributed by atoms with E-state index in [1.807, 2.05) is 13.8 Å². The van der Waals surface area contributed by atoms with Crippen molar-refractivity contribution < 1.29 is 28.9 Å². The van der Waals surface area contributed by atoms with E-state index in [0.717, 1.165) is 13.2 Å². The van der Waals surface area contributed by atoms with Gasteiger partial charge in [-0.1, -0.05) is 0 Å². The lowest BCUT2D eigenvalue weighted by atomic mass is 10.1. The molecule has 0 aromatic heterocycles. The summed E-state index contributed by atoms with van der Waals surface area (Å²) in [6.07, 6.45) is 0.733. The number of ether oxygens (including phenoxy) is 3. The maximum Gasteiger partial charge on any atom is 0.378 e. The van der Waals surface area contributed by atoms with Crippen molar-refractivity contribution in [2.45, 2.75) is 20.0 Å². The fourth-order valence-corrected chi connectivity index (χ4v) is 1.59. The number of hydrogen-bond donors (Lipinski definition) is 1. The van der Waals surface area contributed by atoms with E-state index in [1.54, 1.807) is 12.1 Å². The summed E-state index contributed by atoms with van der Waals surface area (Å²) in [7, 11) is 2.51. The molecular formula is C15H18O6. The Labute approximate surface area is 122 Å². The van der Waals surface area contributed by atoms with Crippen LogP contribution in [-0.4, -0.2) is 37.2 Å². The van der Waals surface area contributed by atoms with Gasteiger partial charge in [0.1, 0.15) is 17.3 Å². The second-order valence-electron chi connectivity index (χ2n) is 4.41. The van der Waals surface area contributed by atoms with E-state index >= 15 is 0 Å². The molecule has 0 unspecified atom stereocenters. The van der Waals surface area contributed by atoms with Crippen LogP contribution >= 0.6 is 0 Å². The Hall–Kier alpha value is -2.50. The quantitative estimate of drug-likeness (QED) is 0.374. The molecule has 0 bridgehead atoms. The van der Waals surface area contributed by atoms with Crippen molar-refractivity contribution in [1.82, 2.24) is 0 Å². The molecule has 0 aliphatic rings. The molecule has 21 heavy (non-hydrogen) atoms. The lowest BCUT2D eigenvalue weighted by molar-refractivity contribution is -0.149. The highest BCUT2D eigenvalue weighted by Crippen LogP contribution is 2.29. The van der Waals surface area contributed by atoms with Crippen LogP contribution in [0.5, 0.6) is 11.5 Å². The number of ketones is 1. The summed E-state index contributed by atoms with van der Waals surface area (Å²) in [4.78, 5) is 22.5. The SMILES string of the molecule is COC(=O)C(=O)/C=C(\O)c1cc(OC(C)C)ccc1OC. The smallest absolute Gasteiger partial charge is 0.378 e. The van der Waals surface area contributed by atoms with Gasteiger partial charge in [0.05, 0.1) is 25.9 Å². The molecule has 1 N–H and O–H groups in total. The normalized spacial score (nSPS) is 11.2. The number of aliphatic hydroxyl groups excluding tert-OH is 1. The van der Waals surface area contributed by atoms with Crippen molar-refractivity contribution in [1.29, 1.82) is 0 Å². The second-order valence-corrected chi connectivity index (χ2v) is 4.41. The first-order valence-corrected chi connectivity index (χ1v) is 6.27. The molecule has 0 aliphatic heterocycles. The van der Waals surface area contributed by atoms with Crippen LogP contribution in [0, 0.1) is 0 Å². The topological polar surface area (TPSA) is 82.1 Å². The zero-order valence-corrected chi connectivity index (χ0v) is 12.4. The van der Waals surface area contributed by atoms with Crippen molar-refractivity contribution in [3.8, 4) is 11.5 Å².